The van der Waals surface area contributed by atoms with Crippen LogP contribution in [0.5, 0.6) is 0 Å². The quantitative estimate of drug-likeness (QED) is 0.840. The van der Waals surface area contributed by atoms with Gasteiger partial charge in [0, 0.05) is 26.8 Å². The second-order valence-electron chi connectivity index (χ2n) is 6.18. The third-order valence-electron chi connectivity index (χ3n) is 4.54. The molecule has 1 fully saturated rings. The van der Waals surface area contributed by atoms with E-state index in [1.54, 1.807) is 0 Å². The number of sulfonamides is 1. The molecular formula is C16H22FNO5S. The molecule has 0 aromatic heterocycles. The first-order valence-electron chi connectivity index (χ1n) is 7.71. The molecule has 0 radical (unpaired) electrons. The van der Waals surface area contributed by atoms with Crippen molar-refractivity contribution in [2.45, 2.75) is 31.1 Å². The molecular weight excluding hydrogens is 337 g/mol. The minimum Gasteiger partial charge on any atom is -0.481 e. The van der Waals surface area contributed by atoms with E-state index < -0.39 is 27.2 Å². The van der Waals surface area contributed by atoms with Gasteiger partial charge in [-0.25, -0.2) is 12.8 Å². The first-order valence-corrected chi connectivity index (χ1v) is 9.15. The van der Waals surface area contributed by atoms with Crippen molar-refractivity contribution in [1.82, 2.24) is 4.31 Å². The average molecular weight is 359 g/mol. The Bertz CT molecular complexity index is 721. The average Bonchev–Trinajstić information content (AvgIpc) is 2.52. The number of nitrogens with zero attached hydrogens (tertiary/aromatic N) is 1. The second-order valence-corrected chi connectivity index (χ2v) is 8.09. The van der Waals surface area contributed by atoms with Crippen LogP contribution in [-0.2, 0) is 19.6 Å². The third kappa shape index (κ3) is 3.60. The van der Waals surface area contributed by atoms with Crippen LogP contribution in [0.2, 0.25) is 0 Å². The number of methoxy groups -OCH3 is 1. The van der Waals surface area contributed by atoms with Gasteiger partial charge in [-0.3, -0.25) is 4.79 Å². The smallest absolute Gasteiger partial charge is 0.311 e. The normalized spacial score (nSPS) is 22.5. The molecule has 2 rings (SSSR count). The van der Waals surface area contributed by atoms with Crippen molar-refractivity contribution < 1.29 is 27.4 Å². The Balaban J connectivity index is 2.34. The fourth-order valence-electron chi connectivity index (χ4n) is 3.12. The predicted octanol–water partition coefficient (Wildman–Crippen LogP) is 2.03. The van der Waals surface area contributed by atoms with Crippen LogP contribution in [0.25, 0.3) is 0 Å². The number of hydrogen-bond donors (Lipinski definition) is 1. The van der Waals surface area contributed by atoms with Crippen LogP contribution in [0, 0.1) is 18.2 Å². The molecule has 1 aromatic carbocycles. The van der Waals surface area contributed by atoms with Gasteiger partial charge in [0.25, 0.3) is 0 Å². The molecule has 1 aromatic rings. The number of piperidine rings is 1. The summed E-state index contributed by atoms with van der Waals surface area (Å²) in [4.78, 5) is 11.8. The number of rotatable bonds is 6. The molecule has 0 spiro atoms. The van der Waals surface area contributed by atoms with Crippen LogP contribution in [0.3, 0.4) is 0 Å². The SMILES string of the molecule is COCC[C@]1(C(=O)O)CCCN(S(=O)(=O)c2ccc(F)cc2C)C1. The number of ether oxygens (including phenoxy) is 1. The molecule has 8 heteroatoms. The molecule has 6 nitrogen and oxygen atoms in total. The lowest BCUT2D eigenvalue weighted by Crippen LogP contribution is -2.50. The Morgan fingerprint density at radius 1 is 1.46 bits per heavy atom. The van der Waals surface area contributed by atoms with Gasteiger partial charge < -0.3 is 9.84 Å². The summed E-state index contributed by atoms with van der Waals surface area (Å²) in [6.07, 6.45) is 1.10. The molecule has 0 amide bonds. The van der Waals surface area contributed by atoms with Gasteiger partial charge in [-0.15, -0.1) is 0 Å². The summed E-state index contributed by atoms with van der Waals surface area (Å²) in [7, 11) is -2.40. The first-order chi connectivity index (χ1) is 11.2. The Morgan fingerprint density at radius 2 is 2.17 bits per heavy atom. The minimum absolute atomic E-state index is 0.0110. The largest absolute Gasteiger partial charge is 0.481 e. The summed E-state index contributed by atoms with van der Waals surface area (Å²) in [6.45, 7) is 1.91. The van der Waals surface area contributed by atoms with Crippen molar-refractivity contribution in [3.63, 3.8) is 0 Å². The minimum atomic E-state index is -3.88. The van der Waals surface area contributed by atoms with E-state index in [1.165, 1.54) is 24.4 Å². The summed E-state index contributed by atoms with van der Waals surface area (Å²) in [5.74, 6) is -1.53. The molecule has 0 saturated carbocycles. The van der Waals surface area contributed by atoms with Crippen LogP contribution in [0.4, 0.5) is 4.39 Å². The first kappa shape index (κ1) is 18.8. The maximum Gasteiger partial charge on any atom is 0.311 e. The second kappa shape index (κ2) is 7.16. The highest BCUT2D eigenvalue weighted by atomic mass is 32.2. The van der Waals surface area contributed by atoms with E-state index in [0.29, 0.717) is 18.4 Å². The van der Waals surface area contributed by atoms with E-state index in [4.69, 9.17) is 4.74 Å². The highest BCUT2D eigenvalue weighted by Crippen LogP contribution is 2.36. The van der Waals surface area contributed by atoms with E-state index in [0.717, 1.165) is 12.1 Å². The molecule has 0 aliphatic carbocycles. The number of hydrogen-bond acceptors (Lipinski definition) is 4. The third-order valence-corrected chi connectivity index (χ3v) is 6.54. The zero-order chi connectivity index (χ0) is 18.0. The molecule has 0 unspecified atom stereocenters. The monoisotopic (exact) mass is 359 g/mol. The number of halogens is 1. The van der Waals surface area contributed by atoms with Crippen LogP contribution in [0.1, 0.15) is 24.8 Å². The van der Waals surface area contributed by atoms with Crippen molar-refractivity contribution in [1.29, 1.82) is 0 Å². The van der Waals surface area contributed by atoms with Crippen molar-refractivity contribution in [2.75, 3.05) is 26.8 Å². The number of carboxylic acids is 1. The molecule has 0 bridgehead atoms. The van der Waals surface area contributed by atoms with Crippen molar-refractivity contribution in [3.05, 3.63) is 29.6 Å². The summed E-state index contributed by atoms with van der Waals surface area (Å²) < 4.78 is 45.2. The van der Waals surface area contributed by atoms with Crippen LogP contribution >= 0.6 is 0 Å². The van der Waals surface area contributed by atoms with Gasteiger partial charge in [0.1, 0.15) is 5.82 Å². The highest BCUT2D eigenvalue weighted by Gasteiger charge is 2.45. The van der Waals surface area contributed by atoms with Gasteiger partial charge in [-0.1, -0.05) is 0 Å². The molecule has 1 saturated heterocycles. The molecule has 1 aliphatic rings. The molecule has 134 valence electrons. The van der Waals surface area contributed by atoms with Crippen LogP contribution in [0.15, 0.2) is 23.1 Å². The van der Waals surface area contributed by atoms with Gasteiger partial charge in [0.2, 0.25) is 10.0 Å². The van der Waals surface area contributed by atoms with Gasteiger partial charge >= 0.3 is 5.97 Å². The standard InChI is InChI=1S/C16H22FNO5S/c1-12-10-13(17)4-5-14(12)24(21,22)18-8-3-6-16(11-18,15(19)20)7-9-23-2/h4-5,10H,3,6-9,11H2,1-2H3,(H,19,20)/t16-/m1/s1. The number of benzene rings is 1. The van der Waals surface area contributed by atoms with Gasteiger partial charge in [0.05, 0.1) is 10.3 Å². The van der Waals surface area contributed by atoms with E-state index in [-0.39, 0.29) is 31.0 Å². The number of aliphatic carboxylic acids is 1. The Kier molecular flexibility index (Phi) is 5.62. The van der Waals surface area contributed by atoms with E-state index in [2.05, 4.69) is 0 Å². The van der Waals surface area contributed by atoms with Crippen molar-refractivity contribution in [2.24, 2.45) is 5.41 Å². The lowest BCUT2D eigenvalue weighted by atomic mass is 9.78. The van der Waals surface area contributed by atoms with Crippen molar-refractivity contribution in [3.8, 4) is 0 Å². The summed E-state index contributed by atoms with van der Waals surface area (Å²) in [5, 5.41) is 9.63. The predicted molar refractivity (Wildman–Crippen MR) is 85.7 cm³/mol. The van der Waals surface area contributed by atoms with E-state index in [9.17, 15) is 22.7 Å². The molecule has 1 N–H and O–H groups in total. The van der Waals surface area contributed by atoms with Crippen LogP contribution < -0.4 is 0 Å². The number of aryl methyl sites for hydroxylation is 1. The maximum absolute atomic E-state index is 13.2. The highest BCUT2D eigenvalue weighted by molar-refractivity contribution is 7.89. The summed E-state index contributed by atoms with van der Waals surface area (Å²) in [5.41, 5.74) is -0.853. The Labute approximate surface area is 141 Å². The fraction of sp³-hybridized carbons (Fsp3) is 0.562. The summed E-state index contributed by atoms with van der Waals surface area (Å²) >= 11 is 0. The zero-order valence-electron chi connectivity index (χ0n) is 13.8. The van der Waals surface area contributed by atoms with E-state index in [1.807, 2.05) is 0 Å². The zero-order valence-corrected chi connectivity index (χ0v) is 14.6. The van der Waals surface area contributed by atoms with Gasteiger partial charge in [-0.2, -0.15) is 4.31 Å². The molecule has 1 atom stereocenters. The molecule has 1 aliphatic heterocycles. The van der Waals surface area contributed by atoms with Crippen molar-refractivity contribution >= 4 is 16.0 Å². The fourth-order valence-corrected chi connectivity index (χ4v) is 4.89. The lowest BCUT2D eigenvalue weighted by molar-refractivity contribution is -0.152. The van der Waals surface area contributed by atoms with Crippen LogP contribution in [-0.4, -0.2) is 50.6 Å². The Morgan fingerprint density at radius 3 is 2.75 bits per heavy atom. The van der Waals surface area contributed by atoms with Gasteiger partial charge in [-0.05, 0) is 49.9 Å². The van der Waals surface area contributed by atoms with Gasteiger partial charge in [0.15, 0.2) is 0 Å². The number of carbonyl (C=O) groups is 1. The lowest BCUT2D eigenvalue weighted by Gasteiger charge is -2.39. The molecule has 1 heterocycles. The Hall–Kier alpha value is -1.51. The topological polar surface area (TPSA) is 83.9 Å². The number of carboxylic acid groups (broad SMARTS) is 1. The molecule has 24 heavy (non-hydrogen) atoms. The maximum atomic E-state index is 13.2. The summed E-state index contributed by atoms with van der Waals surface area (Å²) in [6, 6.07) is 3.48. The van der Waals surface area contributed by atoms with E-state index >= 15 is 0 Å².